The second kappa shape index (κ2) is 9.51. The molecule has 2 aromatic carbocycles. The normalized spacial score (nSPS) is 13.1. The van der Waals surface area contributed by atoms with Gasteiger partial charge in [0, 0.05) is 31.3 Å². The van der Waals surface area contributed by atoms with Crippen molar-refractivity contribution in [3.8, 4) is 5.69 Å². The number of carbonyl (C=O) groups is 2. The molecule has 0 atom stereocenters. The molecule has 2 heterocycles. The number of nitrogens with zero attached hydrogens (tertiary/aromatic N) is 4. The van der Waals surface area contributed by atoms with Crippen LogP contribution in [0.4, 0.5) is 17.2 Å². The van der Waals surface area contributed by atoms with Gasteiger partial charge in [-0.2, -0.15) is 5.10 Å². The third-order valence-corrected chi connectivity index (χ3v) is 5.29. The van der Waals surface area contributed by atoms with Crippen LogP contribution in [-0.4, -0.2) is 46.3 Å². The molecular formula is C23H23N5O5. The summed E-state index contributed by atoms with van der Waals surface area (Å²) in [6, 6.07) is 15.1. The molecule has 0 aliphatic carbocycles. The fourth-order valence-corrected chi connectivity index (χ4v) is 3.78. The summed E-state index contributed by atoms with van der Waals surface area (Å²) in [7, 11) is 0. The average Bonchev–Trinajstić information content (AvgIpc) is 3.47. The molecule has 1 N–H and O–H groups in total. The van der Waals surface area contributed by atoms with Gasteiger partial charge in [0.1, 0.15) is 5.82 Å². The number of aromatic nitrogens is 2. The molecule has 10 heteroatoms. The molecule has 1 amide bonds. The first-order chi connectivity index (χ1) is 15.9. The molecule has 0 unspecified atom stereocenters. The van der Waals surface area contributed by atoms with Crippen LogP contribution in [0.1, 0.15) is 28.9 Å². The van der Waals surface area contributed by atoms with Crippen LogP contribution in [0.5, 0.6) is 0 Å². The van der Waals surface area contributed by atoms with Crippen molar-refractivity contribution in [2.45, 2.75) is 19.8 Å². The number of nitrogens with one attached hydrogen (secondary N) is 1. The summed E-state index contributed by atoms with van der Waals surface area (Å²) >= 11 is 0. The van der Waals surface area contributed by atoms with Gasteiger partial charge in [-0.15, -0.1) is 0 Å². The van der Waals surface area contributed by atoms with Gasteiger partial charge in [0.25, 0.3) is 11.6 Å². The van der Waals surface area contributed by atoms with Crippen LogP contribution in [0.15, 0.2) is 54.6 Å². The molecule has 10 nitrogen and oxygen atoms in total. The van der Waals surface area contributed by atoms with Crippen LogP contribution in [0.25, 0.3) is 5.69 Å². The van der Waals surface area contributed by atoms with E-state index in [-0.39, 0.29) is 11.3 Å². The molecule has 1 saturated heterocycles. The van der Waals surface area contributed by atoms with E-state index in [1.54, 1.807) is 23.7 Å². The van der Waals surface area contributed by atoms with Crippen LogP contribution in [-0.2, 0) is 9.53 Å². The summed E-state index contributed by atoms with van der Waals surface area (Å²) in [5, 5.41) is 18.3. The zero-order valence-corrected chi connectivity index (χ0v) is 18.1. The van der Waals surface area contributed by atoms with E-state index >= 15 is 0 Å². The third-order valence-electron chi connectivity index (χ3n) is 5.29. The first-order valence-electron chi connectivity index (χ1n) is 10.5. The Bertz CT molecular complexity index is 1190. The Kier molecular flexibility index (Phi) is 6.34. The van der Waals surface area contributed by atoms with Gasteiger partial charge in [-0.1, -0.05) is 18.2 Å². The van der Waals surface area contributed by atoms with Crippen molar-refractivity contribution in [1.29, 1.82) is 0 Å². The summed E-state index contributed by atoms with van der Waals surface area (Å²) < 4.78 is 6.80. The topological polar surface area (TPSA) is 120 Å². The Morgan fingerprint density at radius 2 is 1.85 bits per heavy atom. The maximum Gasteiger partial charge on any atom is 0.341 e. The average molecular weight is 449 g/mol. The number of nitro groups is 1. The number of hydrogen-bond donors (Lipinski definition) is 1. The standard InChI is InChI=1S/C23H23N5O5/c1-16-13-21(27(25-16)17-7-3-2-4-8-17)24-22(29)15-33-23(30)19-14-18(28(31)32)9-10-20(19)26-11-5-6-12-26/h2-4,7-10,13-14H,5-6,11-12,15H2,1H3,(H,24,29). The number of non-ortho nitro benzene ring substituents is 1. The fourth-order valence-electron chi connectivity index (χ4n) is 3.78. The van der Waals surface area contributed by atoms with E-state index in [4.69, 9.17) is 4.74 Å². The van der Waals surface area contributed by atoms with Crippen LogP contribution in [0.2, 0.25) is 0 Å². The van der Waals surface area contributed by atoms with Crippen molar-refractivity contribution in [1.82, 2.24) is 9.78 Å². The van der Waals surface area contributed by atoms with Gasteiger partial charge in [-0.3, -0.25) is 14.9 Å². The van der Waals surface area contributed by atoms with Gasteiger partial charge in [0.15, 0.2) is 6.61 Å². The lowest BCUT2D eigenvalue weighted by molar-refractivity contribution is -0.384. The molecule has 1 aliphatic heterocycles. The molecular weight excluding hydrogens is 426 g/mol. The molecule has 0 saturated carbocycles. The van der Waals surface area contributed by atoms with E-state index in [1.165, 1.54) is 12.1 Å². The molecule has 1 aromatic heterocycles. The van der Waals surface area contributed by atoms with E-state index in [1.807, 2.05) is 35.2 Å². The first kappa shape index (κ1) is 22.0. The van der Waals surface area contributed by atoms with E-state index < -0.39 is 23.4 Å². The SMILES string of the molecule is Cc1cc(NC(=O)COC(=O)c2cc([N+](=O)[O-])ccc2N2CCCC2)n(-c2ccccc2)n1. The van der Waals surface area contributed by atoms with E-state index in [0.717, 1.165) is 31.6 Å². The lowest BCUT2D eigenvalue weighted by Gasteiger charge is -2.20. The maximum absolute atomic E-state index is 12.8. The predicted molar refractivity (Wildman–Crippen MR) is 122 cm³/mol. The van der Waals surface area contributed by atoms with Crippen LogP contribution in [0, 0.1) is 17.0 Å². The van der Waals surface area contributed by atoms with Crippen LogP contribution in [0.3, 0.4) is 0 Å². The molecule has 0 spiro atoms. The fraction of sp³-hybridized carbons (Fsp3) is 0.261. The minimum absolute atomic E-state index is 0.0732. The monoisotopic (exact) mass is 449 g/mol. The van der Waals surface area contributed by atoms with Crippen molar-refractivity contribution in [3.63, 3.8) is 0 Å². The highest BCUT2D eigenvalue weighted by Gasteiger charge is 2.24. The number of hydrogen-bond acceptors (Lipinski definition) is 7. The summed E-state index contributed by atoms with van der Waals surface area (Å²) in [5.74, 6) is -0.898. The van der Waals surface area contributed by atoms with Crippen LogP contribution >= 0.6 is 0 Å². The maximum atomic E-state index is 12.8. The van der Waals surface area contributed by atoms with Crippen molar-refractivity contribution in [3.05, 3.63) is 76.0 Å². The van der Waals surface area contributed by atoms with Crippen molar-refractivity contribution in [2.75, 3.05) is 29.9 Å². The molecule has 3 aromatic rings. The molecule has 33 heavy (non-hydrogen) atoms. The van der Waals surface area contributed by atoms with E-state index in [0.29, 0.717) is 17.2 Å². The lowest BCUT2D eigenvalue weighted by atomic mass is 10.1. The second-order valence-corrected chi connectivity index (χ2v) is 7.70. The molecule has 0 radical (unpaired) electrons. The second-order valence-electron chi connectivity index (χ2n) is 7.70. The number of benzene rings is 2. The number of nitro benzene ring substituents is 1. The number of para-hydroxylation sites is 1. The van der Waals surface area contributed by atoms with Crippen molar-refractivity contribution >= 4 is 29.1 Å². The Labute approximate surface area is 189 Å². The Morgan fingerprint density at radius 1 is 1.12 bits per heavy atom. The highest BCUT2D eigenvalue weighted by atomic mass is 16.6. The van der Waals surface area contributed by atoms with Gasteiger partial charge >= 0.3 is 5.97 Å². The minimum atomic E-state index is -0.788. The van der Waals surface area contributed by atoms with Crippen LogP contribution < -0.4 is 10.2 Å². The van der Waals surface area contributed by atoms with Gasteiger partial charge in [0.05, 0.1) is 27.6 Å². The molecule has 4 rings (SSSR count). The predicted octanol–water partition coefficient (Wildman–Crippen LogP) is 3.48. The number of anilines is 2. The largest absolute Gasteiger partial charge is 0.452 e. The summed E-state index contributed by atoms with van der Waals surface area (Å²) in [6.07, 6.45) is 1.95. The zero-order valence-electron chi connectivity index (χ0n) is 18.1. The number of carbonyl (C=O) groups excluding carboxylic acids is 2. The highest BCUT2D eigenvalue weighted by molar-refractivity contribution is 5.99. The molecule has 1 fully saturated rings. The molecule has 1 aliphatic rings. The quantitative estimate of drug-likeness (QED) is 0.333. The van der Waals surface area contributed by atoms with E-state index in [9.17, 15) is 19.7 Å². The number of amides is 1. The smallest absolute Gasteiger partial charge is 0.341 e. The first-order valence-corrected chi connectivity index (χ1v) is 10.5. The Hall–Kier alpha value is -4.21. The summed E-state index contributed by atoms with van der Waals surface area (Å²) in [4.78, 5) is 37.9. The highest BCUT2D eigenvalue weighted by Crippen LogP contribution is 2.29. The van der Waals surface area contributed by atoms with Gasteiger partial charge in [0.2, 0.25) is 0 Å². The van der Waals surface area contributed by atoms with E-state index in [2.05, 4.69) is 10.4 Å². The number of rotatable bonds is 7. The minimum Gasteiger partial charge on any atom is -0.452 e. The van der Waals surface area contributed by atoms with Crippen molar-refractivity contribution < 1.29 is 19.2 Å². The lowest BCUT2D eigenvalue weighted by Crippen LogP contribution is -2.24. The number of esters is 1. The van der Waals surface area contributed by atoms with Crippen molar-refractivity contribution in [2.24, 2.45) is 0 Å². The molecule has 0 bridgehead atoms. The number of aryl methyl sites for hydroxylation is 1. The number of ether oxygens (including phenoxy) is 1. The van der Waals surface area contributed by atoms with Gasteiger partial charge < -0.3 is 15.0 Å². The Balaban J connectivity index is 1.47. The Morgan fingerprint density at radius 3 is 2.55 bits per heavy atom. The van der Waals surface area contributed by atoms with Gasteiger partial charge in [-0.05, 0) is 38.0 Å². The summed E-state index contributed by atoms with van der Waals surface area (Å²) in [5.41, 5.74) is 1.91. The zero-order chi connectivity index (χ0) is 23.4. The summed E-state index contributed by atoms with van der Waals surface area (Å²) in [6.45, 7) is 2.76. The third kappa shape index (κ3) is 5.00. The molecule has 170 valence electrons. The van der Waals surface area contributed by atoms with Gasteiger partial charge in [-0.25, -0.2) is 9.48 Å².